The molecule has 2 aromatic heterocycles. The highest BCUT2D eigenvalue weighted by Gasteiger charge is 2.14. The number of benzene rings is 3. The molecule has 2 nitrogen and oxygen atoms in total. The molecule has 0 radical (unpaired) electrons. The number of hydrogen-bond acceptors (Lipinski definition) is 0. The number of rotatable bonds is 4. The molecule has 0 bridgehead atoms. The van der Waals surface area contributed by atoms with Gasteiger partial charge in [0.15, 0.2) is 0 Å². The predicted octanol–water partition coefficient (Wildman–Crippen LogP) is 8.25. The number of hydrogen-bond donors (Lipinski definition) is 0. The lowest BCUT2D eigenvalue weighted by atomic mass is 10.0. The Morgan fingerprint density at radius 3 is 1.73 bits per heavy atom. The Hall–Kier alpha value is -3.78. The van der Waals surface area contributed by atoms with Crippen LogP contribution in [0, 0.1) is 13.8 Å². The van der Waals surface area contributed by atoms with E-state index in [1.165, 1.54) is 61.2 Å². The van der Waals surface area contributed by atoms with Crippen LogP contribution in [0.25, 0.3) is 39.6 Å². The summed E-state index contributed by atoms with van der Waals surface area (Å²) in [7, 11) is 2.15. The van der Waals surface area contributed by atoms with Crippen molar-refractivity contribution in [3.63, 3.8) is 0 Å². The van der Waals surface area contributed by atoms with Crippen LogP contribution in [0.1, 0.15) is 36.4 Å². The summed E-state index contributed by atoms with van der Waals surface area (Å²) < 4.78 is 4.65. The topological polar surface area (TPSA) is 9.86 Å². The van der Waals surface area contributed by atoms with E-state index in [-0.39, 0.29) is 0 Å². The van der Waals surface area contributed by atoms with Crippen molar-refractivity contribution in [1.82, 2.24) is 9.13 Å². The molecule has 0 unspecified atom stereocenters. The van der Waals surface area contributed by atoms with Crippen molar-refractivity contribution in [2.24, 2.45) is 7.05 Å². The Morgan fingerprint density at radius 1 is 0.606 bits per heavy atom. The summed E-state index contributed by atoms with van der Waals surface area (Å²) >= 11 is 0. The summed E-state index contributed by atoms with van der Waals surface area (Å²) in [5, 5.41) is 2.59. The first-order valence-electron chi connectivity index (χ1n) is 11.5. The molecule has 0 spiro atoms. The maximum Gasteiger partial charge on any atom is 0.0537 e. The fraction of sp³-hybridized carbons (Fsp3) is 0.161. The van der Waals surface area contributed by atoms with Crippen molar-refractivity contribution >= 4 is 34.0 Å². The smallest absolute Gasteiger partial charge is 0.0537 e. The molecule has 33 heavy (non-hydrogen) atoms. The van der Waals surface area contributed by atoms with Crippen LogP contribution >= 0.6 is 0 Å². The highest BCUT2D eigenvalue weighted by molar-refractivity contribution is 5.95. The summed E-state index contributed by atoms with van der Waals surface area (Å²) in [6.07, 6.45) is 4.69. The fourth-order valence-corrected chi connectivity index (χ4v) is 4.88. The van der Waals surface area contributed by atoms with Gasteiger partial charge in [-0.25, -0.2) is 0 Å². The summed E-state index contributed by atoms with van der Waals surface area (Å²) in [6, 6.07) is 28.0. The van der Waals surface area contributed by atoms with Gasteiger partial charge in [-0.1, -0.05) is 54.6 Å². The van der Waals surface area contributed by atoms with Gasteiger partial charge in [0, 0.05) is 51.5 Å². The Labute approximate surface area is 196 Å². The van der Waals surface area contributed by atoms with Crippen molar-refractivity contribution in [1.29, 1.82) is 0 Å². The van der Waals surface area contributed by atoms with Crippen molar-refractivity contribution in [3.8, 4) is 5.69 Å². The van der Waals surface area contributed by atoms with Crippen LogP contribution in [-0.4, -0.2) is 9.13 Å². The number of aryl methyl sites for hydroxylation is 1. The van der Waals surface area contributed by atoms with E-state index in [4.69, 9.17) is 0 Å². The lowest BCUT2D eigenvalue weighted by Crippen LogP contribution is -1.96. The van der Waals surface area contributed by atoms with Gasteiger partial charge in [-0.15, -0.1) is 0 Å². The van der Waals surface area contributed by atoms with Gasteiger partial charge in [-0.05, 0) is 75.3 Å². The third kappa shape index (κ3) is 3.52. The molecule has 2 heterocycles. The van der Waals surface area contributed by atoms with Gasteiger partial charge in [0.2, 0.25) is 0 Å². The molecule has 5 rings (SSSR count). The third-order valence-corrected chi connectivity index (χ3v) is 6.97. The molecular formula is C31H30N2. The molecule has 0 aliphatic rings. The quantitative estimate of drug-likeness (QED) is 0.254. The number of para-hydroxylation sites is 3. The first kappa shape index (κ1) is 21.1. The lowest BCUT2D eigenvalue weighted by Gasteiger charge is -2.08. The molecule has 0 atom stereocenters. The number of fused-ring (bicyclic) bond motifs is 2. The van der Waals surface area contributed by atoms with E-state index in [1.807, 2.05) is 0 Å². The second kappa shape index (κ2) is 8.29. The van der Waals surface area contributed by atoms with Crippen LogP contribution in [-0.2, 0) is 7.05 Å². The van der Waals surface area contributed by atoms with E-state index in [0.717, 1.165) is 0 Å². The highest BCUT2D eigenvalue weighted by Crippen LogP contribution is 2.33. The predicted molar refractivity (Wildman–Crippen MR) is 143 cm³/mol. The largest absolute Gasteiger partial charge is 0.347 e. The SMILES string of the molecule is CC(=C\c1c(C)n(C)c2ccccc12)/C(C)=C/c1c(C)n(-c2ccccc2)c2ccccc12. The lowest BCUT2D eigenvalue weighted by molar-refractivity contribution is 0.916. The molecule has 3 aromatic carbocycles. The molecular weight excluding hydrogens is 400 g/mol. The van der Waals surface area contributed by atoms with Gasteiger partial charge in [0.1, 0.15) is 0 Å². The van der Waals surface area contributed by atoms with E-state index >= 15 is 0 Å². The second-order valence-corrected chi connectivity index (χ2v) is 8.92. The average molecular weight is 431 g/mol. The zero-order valence-corrected chi connectivity index (χ0v) is 20.1. The van der Waals surface area contributed by atoms with Gasteiger partial charge < -0.3 is 9.13 Å². The molecule has 0 saturated carbocycles. The monoisotopic (exact) mass is 430 g/mol. The van der Waals surface area contributed by atoms with Crippen molar-refractivity contribution < 1.29 is 0 Å². The number of allylic oxidation sites excluding steroid dienone is 2. The molecule has 164 valence electrons. The maximum absolute atomic E-state index is 2.36. The van der Waals surface area contributed by atoms with E-state index in [2.05, 4.69) is 135 Å². The molecule has 0 aliphatic heterocycles. The van der Waals surface area contributed by atoms with E-state index < -0.39 is 0 Å². The summed E-state index contributed by atoms with van der Waals surface area (Å²) in [5.41, 5.74) is 11.4. The second-order valence-electron chi connectivity index (χ2n) is 8.92. The van der Waals surface area contributed by atoms with Gasteiger partial charge in [0.25, 0.3) is 0 Å². The number of aromatic nitrogens is 2. The summed E-state index contributed by atoms with van der Waals surface area (Å²) in [4.78, 5) is 0. The van der Waals surface area contributed by atoms with Crippen LogP contribution in [0.3, 0.4) is 0 Å². The normalized spacial score (nSPS) is 12.8. The number of nitrogens with zero attached hydrogens (tertiary/aromatic N) is 2. The minimum absolute atomic E-state index is 1.20. The average Bonchev–Trinajstić information content (AvgIpc) is 3.25. The molecule has 5 aromatic rings. The molecule has 0 N–H and O–H groups in total. The van der Waals surface area contributed by atoms with Gasteiger partial charge in [-0.3, -0.25) is 0 Å². The first-order chi connectivity index (χ1) is 16.0. The maximum atomic E-state index is 2.36. The van der Waals surface area contributed by atoms with Crippen LogP contribution in [0.2, 0.25) is 0 Å². The third-order valence-electron chi connectivity index (χ3n) is 6.97. The zero-order valence-electron chi connectivity index (χ0n) is 20.1. The van der Waals surface area contributed by atoms with Crippen LogP contribution in [0.15, 0.2) is 90.0 Å². The Morgan fingerprint density at radius 2 is 1.09 bits per heavy atom. The van der Waals surface area contributed by atoms with E-state index in [9.17, 15) is 0 Å². The first-order valence-corrected chi connectivity index (χ1v) is 11.5. The molecule has 2 heteroatoms. The zero-order chi connectivity index (χ0) is 23.1. The summed E-state index contributed by atoms with van der Waals surface area (Å²) in [5.74, 6) is 0. The van der Waals surface area contributed by atoms with Crippen LogP contribution < -0.4 is 0 Å². The van der Waals surface area contributed by atoms with Gasteiger partial charge in [0.05, 0.1) is 5.52 Å². The van der Waals surface area contributed by atoms with Gasteiger partial charge in [-0.2, -0.15) is 0 Å². The Balaban J connectivity index is 1.64. The Kier molecular flexibility index (Phi) is 5.30. The van der Waals surface area contributed by atoms with Crippen molar-refractivity contribution in [2.45, 2.75) is 27.7 Å². The fourth-order valence-electron chi connectivity index (χ4n) is 4.88. The van der Waals surface area contributed by atoms with E-state index in [0.29, 0.717) is 0 Å². The molecule has 0 saturated heterocycles. The van der Waals surface area contributed by atoms with Gasteiger partial charge >= 0.3 is 0 Å². The molecule has 0 aliphatic carbocycles. The van der Waals surface area contributed by atoms with Crippen molar-refractivity contribution in [3.05, 3.63) is 113 Å². The minimum atomic E-state index is 1.20. The Bertz CT molecular complexity index is 1540. The minimum Gasteiger partial charge on any atom is -0.347 e. The van der Waals surface area contributed by atoms with E-state index in [1.54, 1.807) is 0 Å². The highest BCUT2D eigenvalue weighted by atomic mass is 15.0. The van der Waals surface area contributed by atoms with Crippen LogP contribution in [0.4, 0.5) is 0 Å². The molecule has 0 amide bonds. The standard InChI is InChI=1S/C31H30N2/c1-21(19-28-23(3)32(5)30-17-11-9-15-26(28)30)22(2)20-29-24(4)33(25-13-7-6-8-14-25)31-18-12-10-16-27(29)31/h6-20H,1-5H3/b21-19+,22-20+. The van der Waals surface area contributed by atoms with Crippen molar-refractivity contribution in [2.75, 3.05) is 0 Å². The van der Waals surface area contributed by atoms with Crippen LogP contribution in [0.5, 0.6) is 0 Å². The molecule has 0 fully saturated rings. The summed E-state index contributed by atoms with van der Waals surface area (Å²) in [6.45, 7) is 8.87.